The Morgan fingerprint density at radius 1 is 1.36 bits per heavy atom. The number of benzene rings is 1. The van der Waals surface area contributed by atoms with Gasteiger partial charge in [-0.2, -0.15) is 8.78 Å². The zero-order valence-electron chi connectivity index (χ0n) is 12.0. The summed E-state index contributed by atoms with van der Waals surface area (Å²) in [5.41, 5.74) is 1.33. The summed E-state index contributed by atoms with van der Waals surface area (Å²) in [7, 11) is 0. The molecule has 1 N–H and O–H groups in total. The van der Waals surface area contributed by atoms with Crippen LogP contribution in [0.1, 0.15) is 25.7 Å². The number of hydrogen-bond donors (Lipinski definition) is 1. The fraction of sp³-hybridized carbons (Fsp3) is 0.467. The number of imidazole rings is 1. The van der Waals surface area contributed by atoms with Crippen LogP contribution in [0.2, 0.25) is 0 Å². The first-order valence-corrected chi connectivity index (χ1v) is 8.21. The van der Waals surface area contributed by atoms with Crippen LogP contribution in [0.15, 0.2) is 29.4 Å². The molecule has 1 saturated carbocycles. The van der Waals surface area contributed by atoms with Crippen molar-refractivity contribution in [2.45, 2.75) is 49.2 Å². The largest absolute Gasteiger partial charge is 0.352 e. The van der Waals surface area contributed by atoms with Gasteiger partial charge in [-0.05, 0) is 36.7 Å². The number of aromatic nitrogens is 2. The lowest BCUT2D eigenvalue weighted by molar-refractivity contribution is -0.122. The lowest BCUT2D eigenvalue weighted by Gasteiger charge is -2.13. The van der Waals surface area contributed by atoms with Gasteiger partial charge in [0.2, 0.25) is 5.91 Å². The number of thioether (sulfide) groups is 1. The Morgan fingerprint density at radius 3 is 2.82 bits per heavy atom. The van der Waals surface area contributed by atoms with Crippen LogP contribution in [0.3, 0.4) is 0 Å². The molecule has 3 rings (SSSR count). The molecule has 0 saturated heterocycles. The van der Waals surface area contributed by atoms with E-state index in [0.717, 1.165) is 25.7 Å². The van der Waals surface area contributed by atoms with E-state index in [-0.39, 0.29) is 23.7 Å². The molecule has 0 aliphatic heterocycles. The highest BCUT2D eigenvalue weighted by atomic mass is 32.2. The van der Waals surface area contributed by atoms with Gasteiger partial charge >= 0.3 is 0 Å². The Bertz CT molecular complexity index is 668. The molecule has 118 valence electrons. The third-order valence-corrected chi connectivity index (χ3v) is 4.54. The van der Waals surface area contributed by atoms with Crippen LogP contribution in [0.4, 0.5) is 8.78 Å². The number of nitrogens with zero attached hydrogens (tertiary/aromatic N) is 2. The molecule has 0 spiro atoms. The van der Waals surface area contributed by atoms with E-state index in [2.05, 4.69) is 10.3 Å². The molecule has 1 fully saturated rings. The highest BCUT2D eigenvalue weighted by Gasteiger charge is 2.20. The third-order valence-electron chi connectivity index (χ3n) is 3.84. The second-order valence-corrected chi connectivity index (χ2v) is 6.35. The normalized spacial score (nSPS) is 15.8. The Morgan fingerprint density at radius 2 is 2.09 bits per heavy atom. The Hall–Kier alpha value is -1.63. The summed E-state index contributed by atoms with van der Waals surface area (Å²) in [5.74, 6) is -2.71. The van der Waals surface area contributed by atoms with Crippen molar-refractivity contribution < 1.29 is 13.6 Å². The number of amides is 1. The zero-order chi connectivity index (χ0) is 15.5. The summed E-state index contributed by atoms with van der Waals surface area (Å²) >= 11 is 0.374. The molecule has 0 atom stereocenters. The maximum absolute atomic E-state index is 12.7. The Labute approximate surface area is 131 Å². The van der Waals surface area contributed by atoms with Crippen LogP contribution in [-0.2, 0) is 11.3 Å². The predicted octanol–water partition coefficient (Wildman–Crippen LogP) is 3.41. The molecule has 1 aromatic carbocycles. The first kappa shape index (κ1) is 15.3. The molecule has 1 aliphatic carbocycles. The third kappa shape index (κ3) is 3.40. The number of carbonyl (C=O) groups is 1. The monoisotopic (exact) mass is 325 g/mol. The number of halogens is 2. The molecule has 4 nitrogen and oxygen atoms in total. The van der Waals surface area contributed by atoms with Crippen molar-refractivity contribution in [3.8, 4) is 0 Å². The number of nitrogens with one attached hydrogen (secondary N) is 1. The van der Waals surface area contributed by atoms with Crippen molar-refractivity contribution >= 4 is 28.7 Å². The van der Waals surface area contributed by atoms with Gasteiger partial charge < -0.3 is 9.88 Å². The molecular formula is C15H17F2N3OS. The van der Waals surface area contributed by atoms with Crippen LogP contribution in [0.5, 0.6) is 0 Å². The van der Waals surface area contributed by atoms with Gasteiger partial charge in [-0.1, -0.05) is 25.0 Å². The van der Waals surface area contributed by atoms with E-state index in [1.165, 1.54) is 0 Å². The standard InChI is InChI=1S/C15H17F2N3OS/c16-14(17)22-15-19-11-7-3-4-8-12(11)20(15)9-13(21)18-10-5-1-2-6-10/h3-4,7-8,10,14H,1-2,5-6,9H2,(H,18,21). The summed E-state index contributed by atoms with van der Waals surface area (Å²) < 4.78 is 27.0. The lowest BCUT2D eigenvalue weighted by atomic mass is 10.2. The molecule has 1 heterocycles. The van der Waals surface area contributed by atoms with Gasteiger partial charge in [-0.25, -0.2) is 4.98 Å². The first-order chi connectivity index (χ1) is 10.6. The molecule has 22 heavy (non-hydrogen) atoms. The van der Waals surface area contributed by atoms with E-state index in [1.54, 1.807) is 22.8 Å². The van der Waals surface area contributed by atoms with Crippen LogP contribution in [0.25, 0.3) is 11.0 Å². The molecule has 1 amide bonds. The van der Waals surface area contributed by atoms with Gasteiger partial charge in [0, 0.05) is 6.04 Å². The number of carbonyl (C=O) groups excluding carboxylic acids is 1. The number of para-hydroxylation sites is 2. The van der Waals surface area contributed by atoms with Crippen LogP contribution in [-0.4, -0.2) is 27.3 Å². The van der Waals surface area contributed by atoms with E-state index in [9.17, 15) is 13.6 Å². The summed E-state index contributed by atoms with van der Waals surface area (Å²) in [6, 6.07) is 7.38. The van der Waals surface area contributed by atoms with Crippen LogP contribution >= 0.6 is 11.8 Å². The van der Waals surface area contributed by atoms with Gasteiger partial charge in [0.25, 0.3) is 5.76 Å². The van der Waals surface area contributed by atoms with Crippen LogP contribution in [0, 0.1) is 0 Å². The van der Waals surface area contributed by atoms with E-state index in [4.69, 9.17) is 0 Å². The summed E-state index contributed by atoms with van der Waals surface area (Å²) in [4.78, 5) is 16.4. The highest BCUT2D eigenvalue weighted by Crippen LogP contribution is 2.28. The van der Waals surface area contributed by atoms with Crippen molar-refractivity contribution in [1.82, 2.24) is 14.9 Å². The predicted molar refractivity (Wildman–Crippen MR) is 82.0 cm³/mol. The molecule has 1 aliphatic rings. The second-order valence-electron chi connectivity index (χ2n) is 5.40. The number of fused-ring (bicyclic) bond motifs is 1. The SMILES string of the molecule is O=C(Cn1c(SC(F)F)nc2ccccc21)NC1CCCC1. The molecule has 0 unspecified atom stereocenters. The van der Waals surface area contributed by atoms with Gasteiger partial charge in [0.05, 0.1) is 11.0 Å². The van der Waals surface area contributed by atoms with Crippen molar-refractivity contribution in [1.29, 1.82) is 0 Å². The van der Waals surface area contributed by atoms with E-state index >= 15 is 0 Å². The van der Waals surface area contributed by atoms with E-state index in [1.807, 2.05) is 6.07 Å². The Kier molecular flexibility index (Phi) is 4.61. The smallest absolute Gasteiger partial charge is 0.291 e. The maximum atomic E-state index is 12.7. The zero-order valence-corrected chi connectivity index (χ0v) is 12.8. The molecule has 1 aromatic heterocycles. The quantitative estimate of drug-likeness (QED) is 0.857. The minimum absolute atomic E-state index is 0.0199. The highest BCUT2D eigenvalue weighted by molar-refractivity contribution is 7.99. The maximum Gasteiger partial charge on any atom is 0.291 e. The molecule has 7 heteroatoms. The number of rotatable bonds is 5. The summed E-state index contributed by atoms with van der Waals surface area (Å²) in [5, 5.41) is 3.16. The fourth-order valence-electron chi connectivity index (χ4n) is 2.86. The van der Waals surface area contributed by atoms with Crippen LogP contribution < -0.4 is 5.32 Å². The fourth-order valence-corrected chi connectivity index (χ4v) is 3.46. The van der Waals surface area contributed by atoms with Gasteiger partial charge in [0.15, 0.2) is 5.16 Å². The minimum atomic E-state index is -2.56. The molecular weight excluding hydrogens is 308 g/mol. The lowest BCUT2D eigenvalue weighted by Crippen LogP contribution is -2.35. The van der Waals surface area contributed by atoms with Crippen molar-refractivity contribution in [2.75, 3.05) is 0 Å². The van der Waals surface area contributed by atoms with Gasteiger partial charge in [0.1, 0.15) is 6.54 Å². The second kappa shape index (κ2) is 6.64. The minimum Gasteiger partial charge on any atom is -0.352 e. The van der Waals surface area contributed by atoms with Gasteiger partial charge in [-0.3, -0.25) is 4.79 Å². The molecule has 2 aromatic rings. The Balaban J connectivity index is 1.82. The van der Waals surface area contributed by atoms with E-state index in [0.29, 0.717) is 22.8 Å². The number of hydrogen-bond acceptors (Lipinski definition) is 3. The number of alkyl halides is 2. The summed E-state index contributed by atoms with van der Waals surface area (Å²) in [6.07, 6.45) is 4.25. The molecule has 0 bridgehead atoms. The molecule has 0 radical (unpaired) electrons. The topological polar surface area (TPSA) is 46.9 Å². The van der Waals surface area contributed by atoms with Crippen molar-refractivity contribution in [3.05, 3.63) is 24.3 Å². The summed E-state index contributed by atoms with van der Waals surface area (Å²) in [6.45, 7) is 0.0199. The van der Waals surface area contributed by atoms with Crippen molar-refractivity contribution in [2.24, 2.45) is 0 Å². The van der Waals surface area contributed by atoms with Crippen molar-refractivity contribution in [3.63, 3.8) is 0 Å². The van der Waals surface area contributed by atoms with Gasteiger partial charge in [-0.15, -0.1) is 0 Å². The first-order valence-electron chi connectivity index (χ1n) is 7.33. The average molecular weight is 325 g/mol. The average Bonchev–Trinajstić information content (AvgIpc) is 3.07. The van der Waals surface area contributed by atoms with E-state index < -0.39 is 5.76 Å².